The summed E-state index contributed by atoms with van der Waals surface area (Å²) in [5, 5.41) is 12.1. The van der Waals surface area contributed by atoms with Crippen LogP contribution in [0.5, 0.6) is 0 Å². The topological polar surface area (TPSA) is 52.9 Å². The van der Waals surface area contributed by atoms with Crippen LogP contribution in [0.25, 0.3) is 17.2 Å². The number of nitriles is 1. The zero-order chi connectivity index (χ0) is 19.6. The van der Waals surface area contributed by atoms with Crippen LogP contribution < -0.4 is 5.32 Å². The number of rotatable bonds is 2. The van der Waals surface area contributed by atoms with Crippen LogP contribution in [0.4, 0.5) is 13.2 Å². The molecule has 6 heteroatoms. The number of hydrogen-bond acceptors (Lipinski definition) is 2. The van der Waals surface area contributed by atoms with E-state index in [-0.39, 0.29) is 17.0 Å². The fourth-order valence-corrected chi connectivity index (χ4v) is 3.16. The van der Waals surface area contributed by atoms with Gasteiger partial charge in [-0.1, -0.05) is 0 Å². The summed E-state index contributed by atoms with van der Waals surface area (Å²) in [5.41, 5.74) is 2.67. The lowest BCUT2D eigenvalue weighted by Crippen LogP contribution is -2.23. The van der Waals surface area contributed by atoms with Gasteiger partial charge in [0.1, 0.15) is 0 Å². The Balaban J connectivity index is 2.16. The number of carbonyl (C=O) groups is 1. The molecule has 1 aliphatic rings. The molecule has 1 aliphatic heterocycles. The molecule has 27 heavy (non-hydrogen) atoms. The first-order valence-corrected chi connectivity index (χ1v) is 8.59. The number of carbonyl (C=O) groups excluding carboxylic acids is 1. The minimum absolute atomic E-state index is 0.131. The molecule has 2 aromatic carbocycles. The van der Waals surface area contributed by atoms with E-state index >= 15 is 0 Å². The first-order chi connectivity index (χ1) is 12.9. The summed E-state index contributed by atoms with van der Waals surface area (Å²) < 4.78 is 40.6. The van der Waals surface area contributed by atoms with E-state index in [1.54, 1.807) is 19.1 Å². The Morgan fingerprint density at radius 2 is 1.81 bits per heavy atom. The van der Waals surface area contributed by atoms with Gasteiger partial charge in [-0.15, -0.1) is 0 Å². The molecule has 0 radical (unpaired) electrons. The summed E-state index contributed by atoms with van der Waals surface area (Å²) in [5.74, 6) is -4.29. The predicted molar refractivity (Wildman–Crippen MR) is 96.0 cm³/mol. The number of halogens is 3. The molecule has 0 bridgehead atoms. The van der Waals surface area contributed by atoms with Crippen molar-refractivity contribution in [3.63, 3.8) is 0 Å². The van der Waals surface area contributed by atoms with E-state index in [1.807, 2.05) is 6.07 Å². The largest absolute Gasteiger partial charge is 0.352 e. The molecule has 3 rings (SSSR count). The van der Waals surface area contributed by atoms with Crippen molar-refractivity contribution < 1.29 is 18.0 Å². The van der Waals surface area contributed by atoms with Gasteiger partial charge in [0.25, 0.3) is 0 Å². The minimum Gasteiger partial charge on any atom is -0.352 e. The lowest BCUT2D eigenvalue weighted by Gasteiger charge is -2.12. The molecule has 1 heterocycles. The number of benzene rings is 2. The van der Waals surface area contributed by atoms with Crippen molar-refractivity contribution in [3.05, 3.63) is 64.0 Å². The highest BCUT2D eigenvalue weighted by Gasteiger charge is 2.17. The van der Waals surface area contributed by atoms with Crippen molar-refractivity contribution in [2.45, 2.75) is 26.2 Å². The first kappa shape index (κ1) is 18.7. The predicted octanol–water partition coefficient (Wildman–Crippen LogP) is 4.63. The molecule has 0 atom stereocenters. The Morgan fingerprint density at radius 3 is 2.48 bits per heavy atom. The third-order valence-electron chi connectivity index (χ3n) is 4.65. The van der Waals surface area contributed by atoms with E-state index in [2.05, 4.69) is 5.32 Å². The molecule has 0 aliphatic carbocycles. The van der Waals surface area contributed by atoms with Crippen molar-refractivity contribution in [2.24, 2.45) is 0 Å². The van der Waals surface area contributed by atoms with Crippen molar-refractivity contribution in [2.75, 3.05) is 6.54 Å². The maximum Gasteiger partial charge on any atom is 0.247 e. The van der Waals surface area contributed by atoms with E-state index < -0.39 is 17.5 Å². The highest BCUT2D eigenvalue weighted by atomic mass is 19.2. The standard InChI is InChI=1S/C21H17F3N2O/c1-12-15(8-14-4-2-3-5-26-21(14)27)6-13(11-25)7-17(12)16-9-18(22)20(24)19(23)10-16/h6-10H,2-5H2,1H3,(H,26,27)/b14-8+. The fourth-order valence-electron chi connectivity index (χ4n) is 3.16. The third kappa shape index (κ3) is 3.87. The summed E-state index contributed by atoms with van der Waals surface area (Å²) >= 11 is 0. The molecule has 3 nitrogen and oxygen atoms in total. The van der Waals surface area contributed by atoms with Gasteiger partial charge in [-0.25, -0.2) is 13.2 Å². The average Bonchev–Trinajstić information content (AvgIpc) is 2.85. The summed E-state index contributed by atoms with van der Waals surface area (Å²) in [6.45, 7) is 2.35. The highest BCUT2D eigenvalue weighted by molar-refractivity contribution is 5.98. The van der Waals surface area contributed by atoms with Crippen LogP contribution in [0.1, 0.15) is 36.0 Å². The van der Waals surface area contributed by atoms with Crippen LogP contribution in [-0.4, -0.2) is 12.5 Å². The SMILES string of the molecule is Cc1c(/C=C2\CCCCNC2=O)cc(C#N)cc1-c1cc(F)c(F)c(F)c1. The van der Waals surface area contributed by atoms with Gasteiger partial charge in [0, 0.05) is 12.1 Å². The Labute approximate surface area is 155 Å². The van der Waals surface area contributed by atoms with Crippen molar-refractivity contribution in [1.82, 2.24) is 5.32 Å². The monoisotopic (exact) mass is 370 g/mol. The lowest BCUT2D eigenvalue weighted by molar-refractivity contribution is -0.117. The van der Waals surface area contributed by atoms with Crippen molar-refractivity contribution in [1.29, 1.82) is 5.26 Å². The second-order valence-electron chi connectivity index (χ2n) is 6.49. The molecule has 1 N–H and O–H groups in total. The lowest BCUT2D eigenvalue weighted by atomic mass is 9.92. The minimum atomic E-state index is -1.54. The van der Waals surface area contributed by atoms with Gasteiger partial charge >= 0.3 is 0 Å². The fraction of sp³-hybridized carbons (Fsp3) is 0.238. The summed E-state index contributed by atoms with van der Waals surface area (Å²) in [6.07, 6.45) is 4.07. The molecule has 138 valence electrons. The number of nitrogens with zero attached hydrogens (tertiary/aromatic N) is 1. The normalized spacial score (nSPS) is 16.0. The number of amides is 1. The second kappa shape index (κ2) is 7.67. The molecule has 0 aromatic heterocycles. The molecule has 2 aromatic rings. The van der Waals surface area contributed by atoms with Gasteiger partial charge in [-0.2, -0.15) is 5.26 Å². The van der Waals surface area contributed by atoms with Crippen LogP contribution in [-0.2, 0) is 4.79 Å². The van der Waals surface area contributed by atoms with Crippen LogP contribution in [0, 0.1) is 35.7 Å². The van der Waals surface area contributed by atoms with E-state index in [0.29, 0.717) is 35.2 Å². The molecule has 0 unspecified atom stereocenters. The van der Waals surface area contributed by atoms with Gasteiger partial charge in [0.2, 0.25) is 5.91 Å². The van der Waals surface area contributed by atoms with Gasteiger partial charge in [0.05, 0.1) is 11.6 Å². The quantitative estimate of drug-likeness (QED) is 0.619. The number of hydrogen-bond donors (Lipinski definition) is 1. The van der Waals surface area contributed by atoms with E-state index in [4.69, 9.17) is 0 Å². The highest BCUT2D eigenvalue weighted by Crippen LogP contribution is 2.31. The van der Waals surface area contributed by atoms with Crippen LogP contribution in [0.3, 0.4) is 0 Å². The Hall–Kier alpha value is -3.07. The summed E-state index contributed by atoms with van der Waals surface area (Å²) in [4.78, 5) is 12.2. The van der Waals surface area contributed by atoms with Crippen LogP contribution in [0.15, 0.2) is 29.8 Å². The van der Waals surface area contributed by atoms with Gasteiger partial charge in [-0.05, 0) is 78.8 Å². The van der Waals surface area contributed by atoms with E-state index in [1.165, 1.54) is 6.07 Å². The van der Waals surface area contributed by atoms with Gasteiger partial charge < -0.3 is 5.32 Å². The van der Waals surface area contributed by atoms with Gasteiger partial charge in [0.15, 0.2) is 17.5 Å². The Bertz CT molecular complexity index is 967. The maximum atomic E-state index is 13.7. The molecule has 0 saturated carbocycles. The number of nitrogens with one attached hydrogen (secondary N) is 1. The Kier molecular flexibility index (Phi) is 5.31. The van der Waals surface area contributed by atoms with Crippen molar-refractivity contribution in [3.8, 4) is 17.2 Å². The zero-order valence-electron chi connectivity index (χ0n) is 14.7. The average molecular weight is 370 g/mol. The molecule has 0 spiro atoms. The zero-order valence-corrected chi connectivity index (χ0v) is 14.7. The van der Waals surface area contributed by atoms with Crippen molar-refractivity contribution >= 4 is 12.0 Å². The summed E-state index contributed by atoms with van der Waals surface area (Å²) in [6, 6.07) is 6.94. The molecular formula is C21H17F3N2O. The Morgan fingerprint density at radius 1 is 1.11 bits per heavy atom. The van der Waals surface area contributed by atoms with Crippen LogP contribution in [0.2, 0.25) is 0 Å². The van der Waals surface area contributed by atoms with E-state index in [0.717, 1.165) is 25.0 Å². The van der Waals surface area contributed by atoms with Gasteiger partial charge in [-0.3, -0.25) is 4.79 Å². The maximum absolute atomic E-state index is 13.7. The van der Waals surface area contributed by atoms with E-state index in [9.17, 15) is 23.2 Å². The molecule has 1 fully saturated rings. The molecule has 1 saturated heterocycles. The summed E-state index contributed by atoms with van der Waals surface area (Å²) in [7, 11) is 0. The first-order valence-electron chi connectivity index (χ1n) is 8.59. The second-order valence-corrected chi connectivity index (χ2v) is 6.49. The molecule has 1 amide bonds. The van der Waals surface area contributed by atoms with Crippen LogP contribution >= 0.6 is 0 Å². The molecular weight excluding hydrogens is 353 g/mol. The smallest absolute Gasteiger partial charge is 0.247 e. The third-order valence-corrected chi connectivity index (χ3v) is 4.65.